The first-order valence-electron chi connectivity index (χ1n) is 10.1. The molecule has 1 unspecified atom stereocenters. The summed E-state index contributed by atoms with van der Waals surface area (Å²) in [7, 11) is 3.08. The topological polar surface area (TPSA) is 102 Å². The predicted octanol–water partition coefficient (Wildman–Crippen LogP) is 3.08. The number of methoxy groups -OCH3 is 2. The molecule has 1 heterocycles. The SMILES string of the molecule is COCCCN1C(=O)C(=O)/C(=C(\O)c2ccc(OC)cc2)C1c1cccc(OC(C)=O)c1. The maximum absolute atomic E-state index is 13.0. The highest BCUT2D eigenvalue weighted by Crippen LogP contribution is 2.40. The van der Waals surface area contributed by atoms with Crippen LogP contribution >= 0.6 is 0 Å². The van der Waals surface area contributed by atoms with Gasteiger partial charge < -0.3 is 24.2 Å². The molecule has 1 fully saturated rings. The lowest BCUT2D eigenvalue weighted by atomic mass is 9.95. The molecule has 8 nitrogen and oxygen atoms in total. The number of carbonyl (C=O) groups is 3. The average molecular weight is 439 g/mol. The number of rotatable bonds is 8. The van der Waals surface area contributed by atoms with Crippen molar-refractivity contribution in [3.63, 3.8) is 0 Å². The summed E-state index contributed by atoms with van der Waals surface area (Å²) >= 11 is 0. The van der Waals surface area contributed by atoms with Gasteiger partial charge in [-0.3, -0.25) is 14.4 Å². The van der Waals surface area contributed by atoms with Crippen molar-refractivity contribution in [3.05, 3.63) is 65.2 Å². The van der Waals surface area contributed by atoms with Gasteiger partial charge in [-0.05, 0) is 48.4 Å². The molecule has 32 heavy (non-hydrogen) atoms. The van der Waals surface area contributed by atoms with Crippen LogP contribution < -0.4 is 9.47 Å². The second-order valence-electron chi connectivity index (χ2n) is 7.23. The Balaban J connectivity index is 2.11. The second-order valence-corrected chi connectivity index (χ2v) is 7.23. The fraction of sp³-hybridized carbons (Fsp3) is 0.292. The van der Waals surface area contributed by atoms with E-state index >= 15 is 0 Å². The molecule has 1 atom stereocenters. The summed E-state index contributed by atoms with van der Waals surface area (Å²) < 4.78 is 15.4. The lowest BCUT2D eigenvalue weighted by Crippen LogP contribution is -2.31. The lowest BCUT2D eigenvalue weighted by molar-refractivity contribution is -0.140. The molecule has 0 saturated carbocycles. The van der Waals surface area contributed by atoms with Gasteiger partial charge in [0.2, 0.25) is 0 Å². The van der Waals surface area contributed by atoms with E-state index in [9.17, 15) is 19.5 Å². The summed E-state index contributed by atoms with van der Waals surface area (Å²) in [4.78, 5) is 38.7. The van der Waals surface area contributed by atoms with Crippen molar-refractivity contribution in [1.29, 1.82) is 0 Å². The minimum Gasteiger partial charge on any atom is -0.507 e. The minimum absolute atomic E-state index is 0.0300. The quantitative estimate of drug-likeness (QED) is 0.168. The van der Waals surface area contributed by atoms with E-state index in [4.69, 9.17) is 14.2 Å². The molecule has 2 aromatic rings. The van der Waals surface area contributed by atoms with Crippen LogP contribution in [-0.4, -0.2) is 55.0 Å². The highest BCUT2D eigenvalue weighted by molar-refractivity contribution is 6.46. The summed E-state index contributed by atoms with van der Waals surface area (Å²) in [6, 6.07) is 12.3. The molecule has 0 bridgehead atoms. The number of aliphatic hydroxyl groups excluding tert-OH is 1. The van der Waals surface area contributed by atoms with Crippen molar-refractivity contribution >= 4 is 23.4 Å². The molecule has 0 aliphatic carbocycles. The number of carbonyl (C=O) groups excluding carboxylic acids is 3. The van der Waals surface area contributed by atoms with Crippen molar-refractivity contribution in [2.45, 2.75) is 19.4 Å². The largest absolute Gasteiger partial charge is 0.507 e. The highest BCUT2D eigenvalue weighted by atomic mass is 16.5. The third-order valence-electron chi connectivity index (χ3n) is 5.09. The molecule has 8 heteroatoms. The van der Waals surface area contributed by atoms with Crippen LogP contribution in [0.2, 0.25) is 0 Å². The van der Waals surface area contributed by atoms with E-state index in [-0.39, 0.29) is 23.6 Å². The molecule has 3 rings (SSSR count). The van der Waals surface area contributed by atoms with Crippen LogP contribution in [-0.2, 0) is 19.1 Å². The molecular weight excluding hydrogens is 414 g/mol. The van der Waals surface area contributed by atoms with Crippen LogP contribution in [0.25, 0.3) is 5.76 Å². The van der Waals surface area contributed by atoms with E-state index in [0.717, 1.165) is 0 Å². The molecule has 1 saturated heterocycles. The van der Waals surface area contributed by atoms with E-state index in [1.807, 2.05) is 0 Å². The first kappa shape index (κ1) is 23.0. The maximum atomic E-state index is 13.0. The Labute approximate surface area is 186 Å². The van der Waals surface area contributed by atoms with E-state index in [2.05, 4.69) is 0 Å². The number of ether oxygens (including phenoxy) is 3. The standard InChI is InChI=1S/C24H25NO7/c1-15(26)32-19-7-4-6-17(14-19)21-20(22(27)16-8-10-18(31-3)11-9-16)23(28)24(29)25(21)12-5-13-30-2/h4,6-11,14,21,27H,5,12-13H2,1-3H3/b22-20-. The second kappa shape index (κ2) is 10.1. The Morgan fingerprint density at radius 3 is 2.41 bits per heavy atom. The number of benzene rings is 2. The van der Waals surface area contributed by atoms with E-state index < -0.39 is 23.7 Å². The highest BCUT2D eigenvalue weighted by Gasteiger charge is 2.45. The number of likely N-dealkylation sites (tertiary alicyclic amines) is 1. The summed E-state index contributed by atoms with van der Waals surface area (Å²) in [5.41, 5.74) is 0.884. The van der Waals surface area contributed by atoms with Crippen molar-refractivity contribution < 1.29 is 33.7 Å². The molecule has 1 aliphatic heterocycles. The zero-order valence-corrected chi connectivity index (χ0v) is 18.2. The van der Waals surface area contributed by atoms with Gasteiger partial charge in [0.15, 0.2) is 0 Å². The Morgan fingerprint density at radius 2 is 1.78 bits per heavy atom. The fourth-order valence-electron chi connectivity index (χ4n) is 3.65. The van der Waals surface area contributed by atoms with Crippen molar-refractivity contribution in [2.24, 2.45) is 0 Å². The van der Waals surface area contributed by atoms with Gasteiger partial charge in [-0.1, -0.05) is 12.1 Å². The molecule has 2 aromatic carbocycles. The summed E-state index contributed by atoms with van der Waals surface area (Å²) in [6.07, 6.45) is 0.506. The number of esters is 1. The third-order valence-corrected chi connectivity index (χ3v) is 5.09. The number of hydrogen-bond donors (Lipinski definition) is 1. The van der Waals surface area contributed by atoms with Crippen LogP contribution in [0.1, 0.15) is 30.5 Å². The van der Waals surface area contributed by atoms with Gasteiger partial charge in [0, 0.05) is 32.7 Å². The summed E-state index contributed by atoms with van der Waals surface area (Å²) in [5, 5.41) is 11.0. The van der Waals surface area contributed by atoms with Crippen molar-refractivity contribution in [1.82, 2.24) is 4.90 Å². The molecule has 1 aliphatic rings. The smallest absolute Gasteiger partial charge is 0.308 e. The van der Waals surface area contributed by atoms with Gasteiger partial charge in [-0.15, -0.1) is 0 Å². The Morgan fingerprint density at radius 1 is 1.06 bits per heavy atom. The lowest BCUT2D eigenvalue weighted by Gasteiger charge is -2.25. The van der Waals surface area contributed by atoms with E-state index in [0.29, 0.717) is 29.9 Å². The molecule has 1 N–H and O–H groups in total. The Kier molecular flexibility index (Phi) is 7.27. The number of amides is 1. The number of aliphatic hydroxyl groups is 1. The Bertz CT molecular complexity index is 1040. The van der Waals surface area contributed by atoms with Gasteiger partial charge in [0.1, 0.15) is 17.3 Å². The number of hydrogen-bond acceptors (Lipinski definition) is 7. The zero-order valence-electron chi connectivity index (χ0n) is 18.2. The number of Topliss-reactive ketones (excluding diaryl/α,β-unsaturated/α-hetero) is 1. The van der Waals surface area contributed by atoms with Crippen LogP contribution in [0.5, 0.6) is 11.5 Å². The van der Waals surface area contributed by atoms with Crippen LogP contribution in [0, 0.1) is 0 Å². The van der Waals surface area contributed by atoms with Gasteiger partial charge in [-0.2, -0.15) is 0 Å². The third kappa shape index (κ3) is 4.81. The molecule has 0 aromatic heterocycles. The first-order valence-corrected chi connectivity index (χ1v) is 10.1. The predicted molar refractivity (Wildman–Crippen MR) is 116 cm³/mol. The van der Waals surface area contributed by atoms with Gasteiger partial charge in [0.25, 0.3) is 11.7 Å². The molecule has 0 spiro atoms. The van der Waals surface area contributed by atoms with E-state index in [1.54, 1.807) is 55.6 Å². The van der Waals surface area contributed by atoms with Crippen molar-refractivity contribution in [2.75, 3.05) is 27.4 Å². The number of nitrogens with zero attached hydrogens (tertiary/aromatic N) is 1. The fourth-order valence-corrected chi connectivity index (χ4v) is 3.65. The molecular formula is C24H25NO7. The molecule has 0 radical (unpaired) electrons. The average Bonchev–Trinajstić information content (AvgIpc) is 3.03. The molecule has 1 amide bonds. The Hall–Kier alpha value is -3.65. The normalized spacial score (nSPS) is 17.5. The molecule has 168 valence electrons. The van der Waals surface area contributed by atoms with Crippen molar-refractivity contribution in [3.8, 4) is 11.5 Å². The van der Waals surface area contributed by atoms with E-state index in [1.165, 1.54) is 18.9 Å². The maximum Gasteiger partial charge on any atom is 0.308 e. The zero-order chi connectivity index (χ0) is 23.3. The van der Waals surface area contributed by atoms with Gasteiger partial charge in [0.05, 0.1) is 18.7 Å². The summed E-state index contributed by atoms with van der Waals surface area (Å²) in [5.74, 6) is -1.40. The van der Waals surface area contributed by atoms with Gasteiger partial charge >= 0.3 is 5.97 Å². The first-order chi connectivity index (χ1) is 15.4. The minimum atomic E-state index is -0.843. The van der Waals surface area contributed by atoms with Crippen LogP contribution in [0.4, 0.5) is 0 Å². The van der Waals surface area contributed by atoms with Crippen LogP contribution in [0.3, 0.4) is 0 Å². The van der Waals surface area contributed by atoms with Crippen LogP contribution in [0.15, 0.2) is 54.1 Å². The monoisotopic (exact) mass is 439 g/mol. The van der Waals surface area contributed by atoms with Gasteiger partial charge in [-0.25, -0.2) is 0 Å². The number of ketones is 1. The summed E-state index contributed by atoms with van der Waals surface area (Å²) in [6.45, 7) is 1.94.